The first-order valence-corrected chi connectivity index (χ1v) is 8.83. The number of nitrogens with zero attached hydrogens (tertiary/aromatic N) is 4. The Hall–Kier alpha value is -3.29. The molecule has 1 aromatic heterocycles. The maximum Gasteiger partial charge on any atom is 0.259 e. The molecule has 4 rings (SSSR count). The van der Waals surface area contributed by atoms with E-state index in [1.54, 1.807) is 35.2 Å². The van der Waals surface area contributed by atoms with E-state index in [-0.39, 0.29) is 18.9 Å². The van der Waals surface area contributed by atoms with Crippen molar-refractivity contribution in [3.8, 4) is 5.69 Å². The van der Waals surface area contributed by atoms with Crippen LogP contribution in [0.3, 0.4) is 0 Å². The zero-order valence-corrected chi connectivity index (χ0v) is 14.9. The highest BCUT2D eigenvalue weighted by Crippen LogP contribution is 2.23. The number of imidazole rings is 1. The Bertz CT molecular complexity index is 992. The first-order valence-electron chi connectivity index (χ1n) is 8.83. The second-order valence-corrected chi connectivity index (χ2v) is 6.42. The summed E-state index contributed by atoms with van der Waals surface area (Å²) in [6, 6.07) is 9.74. The Morgan fingerprint density at radius 2 is 1.50 bits per heavy atom. The van der Waals surface area contributed by atoms with E-state index in [2.05, 4.69) is 4.98 Å². The molecule has 0 bridgehead atoms. The molecule has 5 nitrogen and oxygen atoms in total. The van der Waals surface area contributed by atoms with Gasteiger partial charge in [0.25, 0.3) is 5.91 Å². The highest BCUT2D eigenvalue weighted by molar-refractivity contribution is 5.95. The van der Waals surface area contributed by atoms with Gasteiger partial charge in [0.05, 0.1) is 5.69 Å². The number of halogens is 3. The van der Waals surface area contributed by atoms with E-state index < -0.39 is 23.1 Å². The minimum Gasteiger partial charge on any atom is -0.338 e. The molecule has 2 heterocycles. The Kier molecular flexibility index (Phi) is 4.77. The van der Waals surface area contributed by atoms with Crippen LogP contribution in [0.4, 0.5) is 19.1 Å². The molecule has 0 saturated carbocycles. The number of anilines is 1. The molecule has 0 aliphatic carbocycles. The van der Waals surface area contributed by atoms with E-state index in [0.717, 1.165) is 12.1 Å². The van der Waals surface area contributed by atoms with E-state index in [9.17, 15) is 18.0 Å². The Morgan fingerprint density at radius 1 is 0.857 bits per heavy atom. The molecule has 0 unspecified atom stereocenters. The fourth-order valence-corrected chi connectivity index (χ4v) is 3.33. The number of benzene rings is 2. The van der Waals surface area contributed by atoms with Gasteiger partial charge in [-0.25, -0.2) is 18.2 Å². The third-order valence-electron chi connectivity index (χ3n) is 4.76. The van der Waals surface area contributed by atoms with Crippen LogP contribution in [0.2, 0.25) is 0 Å². The Morgan fingerprint density at radius 3 is 2.18 bits per heavy atom. The summed E-state index contributed by atoms with van der Waals surface area (Å²) in [6.45, 7) is 1.37. The van der Waals surface area contributed by atoms with Crippen LogP contribution in [0.25, 0.3) is 5.69 Å². The topological polar surface area (TPSA) is 41.4 Å². The zero-order valence-electron chi connectivity index (χ0n) is 14.9. The van der Waals surface area contributed by atoms with E-state index >= 15 is 0 Å². The van der Waals surface area contributed by atoms with Crippen molar-refractivity contribution in [1.29, 1.82) is 0 Å². The van der Waals surface area contributed by atoms with Crippen LogP contribution >= 0.6 is 0 Å². The normalized spacial score (nSPS) is 14.4. The number of piperazine rings is 1. The molecule has 1 saturated heterocycles. The lowest BCUT2D eigenvalue weighted by Crippen LogP contribution is -2.49. The summed E-state index contributed by atoms with van der Waals surface area (Å²) in [5.41, 5.74) is -0.161. The van der Waals surface area contributed by atoms with Gasteiger partial charge in [0.15, 0.2) is 0 Å². The first-order chi connectivity index (χ1) is 13.6. The molecule has 8 heteroatoms. The first kappa shape index (κ1) is 18.1. The number of hydrogen-bond acceptors (Lipinski definition) is 3. The second-order valence-electron chi connectivity index (χ2n) is 6.42. The maximum absolute atomic E-state index is 14.1. The number of aromatic nitrogens is 2. The maximum atomic E-state index is 14.1. The highest BCUT2D eigenvalue weighted by Gasteiger charge is 2.28. The number of amides is 1. The standard InChI is InChI=1S/C20H17F3N4O/c21-14-4-1-2-7-17(14)27-9-8-24-20(27)26-12-10-25(11-13-26)19(28)18-15(22)5-3-6-16(18)23/h1-9H,10-13H2. The van der Waals surface area contributed by atoms with Crippen molar-refractivity contribution >= 4 is 11.9 Å². The predicted octanol–water partition coefficient (Wildman–Crippen LogP) is 3.25. The number of rotatable bonds is 3. The minimum absolute atomic E-state index is 0.275. The quantitative estimate of drug-likeness (QED) is 0.694. The van der Waals surface area contributed by atoms with Gasteiger partial charge in [0, 0.05) is 38.6 Å². The molecular weight excluding hydrogens is 369 g/mol. The number of carbonyl (C=O) groups is 1. The van der Waals surface area contributed by atoms with Crippen LogP contribution in [-0.2, 0) is 0 Å². The molecule has 28 heavy (non-hydrogen) atoms. The van der Waals surface area contributed by atoms with Crippen LogP contribution in [-0.4, -0.2) is 46.5 Å². The van der Waals surface area contributed by atoms with Crippen molar-refractivity contribution < 1.29 is 18.0 Å². The van der Waals surface area contributed by atoms with Crippen molar-refractivity contribution in [2.45, 2.75) is 0 Å². The number of hydrogen-bond donors (Lipinski definition) is 0. The van der Waals surface area contributed by atoms with Gasteiger partial charge in [0.2, 0.25) is 5.95 Å². The van der Waals surface area contributed by atoms with Gasteiger partial charge in [-0.1, -0.05) is 18.2 Å². The SMILES string of the molecule is O=C(c1c(F)cccc1F)N1CCN(c2nccn2-c2ccccc2F)CC1. The Labute approximate surface area is 159 Å². The molecule has 1 aliphatic rings. The summed E-state index contributed by atoms with van der Waals surface area (Å²) in [5, 5.41) is 0. The minimum atomic E-state index is -0.873. The molecule has 0 radical (unpaired) electrons. The fourth-order valence-electron chi connectivity index (χ4n) is 3.33. The second kappa shape index (κ2) is 7.38. The van der Waals surface area contributed by atoms with Gasteiger partial charge in [0.1, 0.15) is 23.0 Å². The smallest absolute Gasteiger partial charge is 0.259 e. The van der Waals surface area contributed by atoms with Gasteiger partial charge in [-0.05, 0) is 24.3 Å². The molecule has 0 N–H and O–H groups in total. The van der Waals surface area contributed by atoms with E-state index in [1.165, 1.54) is 17.0 Å². The summed E-state index contributed by atoms with van der Waals surface area (Å²) in [7, 11) is 0. The molecular formula is C20H17F3N4O. The van der Waals surface area contributed by atoms with Crippen LogP contribution < -0.4 is 4.90 Å². The van der Waals surface area contributed by atoms with Crippen LogP contribution in [0.1, 0.15) is 10.4 Å². The lowest BCUT2D eigenvalue weighted by atomic mass is 10.1. The third-order valence-corrected chi connectivity index (χ3v) is 4.76. The zero-order chi connectivity index (χ0) is 19.7. The van der Waals surface area contributed by atoms with Gasteiger partial charge in [-0.15, -0.1) is 0 Å². The third kappa shape index (κ3) is 3.21. The van der Waals surface area contributed by atoms with Crippen LogP contribution in [0.15, 0.2) is 54.9 Å². The van der Waals surface area contributed by atoms with Gasteiger partial charge < -0.3 is 9.80 Å². The molecule has 1 amide bonds. The van der Waals surface area contributed by atoms with Crippen molar-refractivity contribution in [2.24, 2.45) is 0 Å². The number of carbonyl (C=O) groups excluding carboxylic acids is 1. The summed E-state index contributed by atoms with van der Waals surface area (Å²) >= 11 is 0. The average Bonchev–Trinajstić information content (AvgIpc) is 3.18. The van der Waals surface area contributed by atoms with E-state index in [4.69, 9.17) is 0 Å². The molecule has 1 fully saturated rings. The molecule has 144 valence electrons. The van der Waals surface area contributed by atoms with E-state index in [0.29, 0.717) is 24.7 Å². The molecule has 1 aliphatic heterocycles. The monoisotopic (exact) mass is 386 g/mol. The summed E-state index contributed by atoms with van der Waals surface area (Å²) in [4.78, 5) is 20.2. The molecule has 3 aromatic rings. The lowest BCUT2D eigenvalue weighted by Gasteiger charge is -2.35. The van der Waals surface area contributed by atoms with Gasteiger partial charge in [-0.3, -0.25) is 9.36 Å². The van der Waals surface area contributed by atoms with Crippen molar-refractivity contribution in [3.63, 3.8) is 0 Å². The van der Waals surface area contributed by atoms with Crippen LogP contribution in [0.5, 0.6) is 0 Å². The lowest BCUT2D eigenvalue weighted by molar-refractivity contribution is 0.0736. The summed E-state index contributed by atoms with van der Waals surface area (Å²) in [6.07, 6.45) is 3.24. The van der Waals surface area contributed by atoms with Crippen LogP contribution in [0, 0.1) is 17.5 Å². The summed E-state index contributed by atoms with van der Waals surface area (Å²) < 4.78 is 43.6. The Balaban J connectivity index is 1.51. The fraction of sp³-hybridized carbons (Fsp3) is 0.200. The summed E-state index contributed by atoms with van der Waals surface area (Å²) in [5.74, 6) is -2.24. The highest BCUT2D eigenvalue weighted by atomic mass is 19.1. The van der Waals surface area contributed by atoms with Gasteiger partial charge in [-0.2, -0.15) is 0 Å². The molecule has 2 aromatic carbocycles. The largest absolute Gasteiger partial charge is 0.338 e. The van der Waals surface area contributed by atoms with E-state index in [1.807, 2.05) is 4.90 Å². The van der Waals surface area contributed by atoms with Crippen molar-refractivity contribution in [3.05, 3.63) is 77.9 Å². The predicted molar refractivity (Wildman–Crippen MR) is 98.0 cm³/mol. The molecule has 0 atom stereocenters. The average molecular weight is 386 g/mol. The number of para-hydroxylation sites is 1. The van der Waals surface area contributed by atoms with Gasteiger partial charge >= 0.3 is 0 Å². The van der Waals surface area contributed by atoms with Crippen molar-refractivity contribution in [2.75, 3.05) is 31.1 Å². The molecule has 0 spiro atoms. The van der Waals surface area contributed by atoms with Crippen molar-refractivity contribution in [1.82, 2.24) is 14.5 Å².